The SMILES string of the molecule is CN(C)[C@H]1CCN2[C@H](COC(c3ccccc3)(c3ccccc3)c3ccccc3)[C@H](c3ccc(Br)cc3)[C@@H]2CN(S(=O)(=O)c2ccccc2[N+](=O)[O-])C1. The summed E-state index contributed by atoms with van der Waals surface area (Å²) in [6, 6.07) is 44.4. The highest BCUT2D eigenvalue weighted by Crippen LogP contribution is 2.47. The fourth-order valence-corrected chi connectivity index (χ4v) is 10.1. The normalized spacial score (nSPS) is 21.3. The summed E-state index contributed by atoms with van der Waals surface area (Å²) in [7, 11) is -0.334. The number of halogens is 1. The lowest BCUT2D eigenvalue weighted by atomic mass is 9.74. The van der Waals surface area contributed by atoms with Crippen LogP contribution in [0.3, 0.4) is 0 Å². The minimum Gasteiger partial charge on any atom is -0.359 e. The molecular weight excluding hydrogens is 752 g/mol. The van der Waals surface area contributed by atoms with Crippen LogP contribution in [0, 0.1) is 10.1 Å². The van der Waals surface area contributed by atoms with Gasteiger partial charge in [0.15, 0.2) is 4.90 Å². The van der Waals surface area contributed by atoms with Crippen LogP contribution in [0.1, 0.15) is 34.6 Å². The number of sulfonamides is 1. The molecule has 0 spiro atoms. The molecule has 2 saturated heterocycles. The van der Waals surface area contributed by atoms with E-state index in [2.05, 4.69) is 69.4 Å². The van der Waals surface area contributed by atoms with Gasteiger partial charge in [-0.1, -0.05) is 131 Å². The summed E-state index contributed by atoms with van der Waals surface area (Å²) in [5.74, 6) is -0.0810. The number of fused-ring (bicyclic) bond motifs is 1. The van der Waals surface area contributed by atoms with Gasteiger partial charge in [0.2, 0.25) is 10.0 Å². The van der Waals surface area contributed by atoms with Crippen LogP contribution in [0.5, 0.6) is 0 Å². The lowest BCUT2D eigenvalue weighted by Crippen LogP contribution is -2.69. The fraction of sp³-hybridized carbons (Fsp3) is 0.286. The Morgan fingerprint density at radius 2 is 1.32 bits per heavy atom. The van der Waals surface area contributed by atoms with E-state index >= 15 is 0 Å². The molecule has 53 heavy (non-hydrogen) atoms. The Kier molecular flexibility index (Phi) is 10.9. The highest BCUT2D eigenvalue weighted by atomic mass is 79.9. The van der Waals surface area contributed by atoms with E-state index < -0.39 is 26.2 Å². The molecule has 7 rings (SSSR count). The standard InChI is InChI=1S/C42H43BrN4O5S/c1-44(2)36-26-27-46-38(29-45(28-36)53(50,51)40-21-13-12-20-37(40)47(48)49)41(31-22-24-35(43)25-23-31)39(46)30-52-42(32-14-6-3-7-15-32,33-16-8-4-9-17-33)34-18-10-5-11-19-34/h3-25,36,38-39,41H,26-30H2,1-2H3/t36-,38-,39+,41+/m0/s1. The number of para-hydroxylation sites is 1. The molecule has 2 heterocycles. The summed E-state index contributed by atoms with van der Waals surface area (Å²) in [4.78, 5) is 15.6. The van der Waals surface area contributed by atoms with E-state index in [1.807, 2.05) is 85.7 Å². The van der Waals surface area contributed by atoms with Crippen LogP contribution in [0.15, 0.2) is 149 Å². The third-order valence-electron chi connectivity index (χ3n) is 10.9. The highest BCUT2D eigenvalue weighted by Gasteiger charge is 2.53. The Bertz CT molecular complexity index is 2030. The quantitative estimate of drug-likeness (QED) is 0.0776. The van der Waals surface area contributed by atoms with Crippen molar-refractivity contribution in [2.45, 2.75) is 41.0 Å². The zero-order valence-corrected chi connectivity index (χ0v) is 32.1. The van der Waals surface area contributed by atoms with Crippen molar-refractivity contribution >= 4 is 31.6 Å². The molecule has 11 heteroatoms. The first-order chi connectivity index (χ1) is 25.6. The van der Waals surface area contributed by atoms with Crippen molar-refractivity contribution in [2.24, 2.45) is 0 Å². The van der Waals surface area contributed by atoms with Crippen molar-refractivity contribution in [2.75, 3.05) is 40.3 Å². The lowest BCUT2D eigenvalue weighted by Gasteiger charge is -2.58. The lowest BCUT2D eigenvalue weighted by molar-refractivity contribution is -0.387. The number of hydrogen-bond donors (Lipinski definition) is 0. The van der Waals surface area contributed by atoms with Gasteiger partial charge in [0, 0.05) is 54.2 Å². The number of nitro benzene ring substituents is 1. The molecule has 2 aliphatic heterocycles. The molecule has 0 radical (unpaired) electrons. The van der Waals surface area contributed by atoms with Gasteiger partial charge in [-0.2, -0.15) is 4.31 Å². The molecule has 2 fully saturated rings. The summed E-state index contributed by atoms with van der Waals surface area (Å²) < 4.78 is 38.8. The molecule has 0 aliphatic carbocycles. The van der Waals surface area contributed by atoms with Gasteiger partial charge in [-0.3, -0.25) is 15.0 Å². The average Bonchev–Trinajstić information content (AvgIpc) is 3.17. The summed E-state index contributed by atoms with van der Waals surface area (Å²) in [5, 5.41) is 12.0. The summed E-state index contributed by atoms with van der Waals surface area (Å²) in [6.45, 7) is 1.50. The van der Waals surface area contributed by atoms with Crippen molar-refractivity contribution in [3.63, 3.8) is 0 Å². The molecular formula is C42H43BrN4O5S. The third kappa shape index (κ3) is 7.22. The predicted molar refractivity (Wildman–Crippen MR) is 210 cm³/mol. The van der Waals surface area contributed by atoms with Crippen LogP contribution >= 0.6 is 15.9 Å². The van der Waals surface area contributed by atoms with Gasteiger partial charge in [0.05, 0.1) is 11.5 Å². The van der Waals surface area contributed by atoms with E-state index in [1.54, 1.807) is 6.07 Å². The van der Waals surface area contributed by atoms with Gasteiger partial charge < -0.3 is 9.64 Å². The molecule has 2 aliphatic rings. The van der Waals surface area contributed by atoms with Crippen molar-refractivity contribution in [3.05, 3.63) is 176 Å². The zero-order valence-electron chi connectivity index (χ0n) is 29.7. The molecule has 0 saturated carbocycles. The Morgan fingerprint density at radius 1 is 0.792 bits per heavy atom. The molecule has 0 amide bonds. The van der Waals surface area contributed by atoms with Crippen molar-refractivity contribution in [1.82, 2.24) is 14.1 Å². The Balaban J connectivity index is 1.31. The first-order valence-corrected chi connectivity index (χ1v) is 20.1. The number of ether oxygens (including phenoxy) is 1. The van der Waals surface area contributed by atoms with Crippen molar-refractivity contribution in [1.29, 1.82) is 0 Å². The van der Waals surface area contributed by atoms with Gasteiger partial charge in [-0.25, -0.2) is 8.42 Å². The van der Waals surface area contributed by atoms with Crippen molar-refractivity contribution < 1.29 is 18.1 Å². The number of likely N-dealkylation sites (N-methyl/N-ethyl adjacent to an activating group) is 1. The number of nitro groups is 1. The monoisotopic (exact) mass is 794 g/mol. The molecule has 5 aromatic rings. The van der Waals surface area contributed by atoms with E-state index in [-0.39, 0.29) is 42.0 Å². The average molecular weight is 796 g/mol. The van der Waals surface area contributed by atoms with Gasteiger partial charge in [0.1, 0.15) is 5.60 Å². The van der Waals surface area contributed by atoms with E-state index in [4.69, 9.17) is 4.74 Å². The maximum atomic E-state index is 14.5. The van der Waals surface area contributed by atoms with Gasteiger partial charge in [-0.15, -0.1) is 0 Å². The second kappa shape index (κ2) is 15.6. The molecule has 9 nitrogen and oxygen atoms in total. The van der Waals surface area contributed by atoms with Crippen LogP contribution in [-0.4, -0.2) is 85.9 Å². The molecule has 0 bridgehead atoms. The van der Waals surface area contributed by atoms with Crippen LogP contribution in [0.4, 0.5) is 5.69 Å². The second-order valence-corrected chi connectivity index (χ2v) is 16.8. The minimum atomic E-state index is -4.24. The molecule has 0 aromatic heterocycles. The minimum absolute atomic E-state index is 0.0810. The number of benzene rings is 5. The third-order valence-corrected chi connectivity index (χ3v) is 13.3. The summed E-state index contributed by atoms with van der Waals surface area (Å²) in [5.41, 5.74) is 2.77. The van der Waals surface area contributed by atoms with Crippen LogP contribution in [-0.2, 0) is 20.4 Å². The van der Waals surface area contributed by atoms with E-state index in [0.717, 1.165) is 33.3 Å². The van der Waals surface area contributed by atoms with E-state index in [9.17, 15) is 18.5 Å². The topological polar surface area (TPSA) is 96.2 Å². The summed E-state index contributed by atoms with van der Waals surface area (Å²) in [6.07, 6.45) is 0.706. The summed E-state index contributed by atoms with van der Waals surface area (Å²) >= 11 is 3.59. The fourth-order valence-electron chi connectivity index (χ4n) is 8.16. The van der Waals surface area contributed by atoms with Crippen LogP contribution in [0.2, 0.25) is 0 Å². The second-order valence-electron chi connectivity index (χ2n) is 14.0. The Morgan fingerprint density at radius 3 is 1.85 bits per heavy atom. The number of rotatable bonds is 11. The largest absolute Gasteiger partial charge is 0.359 e. The molecule has 5 aromatic carbocycles. The first-order valence-electron chi connectivity index (χ1n) is 17.8. The van der Waals surface area contributed by atoms with Crippen molar-refractivity contribution in [3.8, 4) is 0 Å². The first kappa shape index (κ1) is 37.1. The van der Waals surface area contributed by atoms with Crippen LogP contribution in [0.25, 0.3) is 0 Å². The van der Waals surface area contributed by atoms with E-state index in [0.29, 0.717) is 13.0 Å². The highest BCUT2D eigenvalue weighted by molar-refractivity contribution is 9.10. The predicted octanol–water partition coefficient (Wildman–Crippen LogP) is 7.53. The van der Waals surface area contributed by atoms with Gasteiger partial charge in [-0.05, 0) is 61.0 Å². The smallest absolute Gasteiger partial charge is 0.289 e. The molecule has 0 N–H and O–H groups in total. The van der Waals surface area contributed by atoms with E-state index in [1.165, 1.54) is 22.5 Å². The molecule has 274 valence electrons. The van der Waals surface area contributed by atoms with Gasteiger partial charge >= 0.3 is 0 Å². The number of nitrogens with zero attached hydrogens (tertiary/aromatic N) is 4. The molecule has 0 unspecified atom stereocenters. The van der Waals surface area contributed by atoms with Crippen LogP contribution < -0.4 is 0 Å². The zero-order chi connectivity index (χ0) is 37.2. The molecule has 4 atom stereocenters. The maximum absolute atomic E-state index is 14.5. The van der Waals surface area contributed by atoms with Gasteiger partial charge in [0.25, 0.3) is 5.69 Å². The maximum Gasteiger partial charge on any atom is 0.289 e. The Labute approximate surface area is 320 Å². The number of hydrogen-bond acceptors (Lipinski definition) is 7. The Hall–Kier alpha value is -4.23.